The smallest absolute Gasteiger partial charge is 0.0500 e. The lowest BCUT2D eigenvalue weighted by Crippen LogP contribution is -2.29. The molecule has 0 aliphatic carbocycles. The molecule has 2 rings (SSSR count). The Kier molecular flexibility index (Phi) is 5.40. The Morgan fingerprint density at radius 1 is 1.05 bits per heavy atom. The lowest BCUT2D eigenvalue weighted by Gasteiger charge is -2.18. The van der Waals surface area contributed by atoms with Crippen LogP contribution in [0, 0.1) is 6.92 Å². The number of halogens is 1. The molecule has 0 aromatic heterocycles. The summed E-state index contributed by atoms with van der Waals surface area (Å²) in [5.41, 5.74) is 7.77. The number of nitrogens with two attached hydrogens (primary N) is 1. The summed E-state index contributed by atoms with van der Waals surface area (Å²) in [5, 5.41) is 0.788. The van der Waals surface area contributed by atoms with E-state index in [0.29, 0.717) is 5.92 Å². The van der Waals surface area contributed by atoms with Crippen molar-refractivity contribution < 1.29 is 0 Å². The van der Waals surface area contributed by atoms with E-state index in [4.69, 9.17) is 17.4 Å². The van der Waals surface area contributed by atoms with Crippen molar-refractivity contribution in [1.29, 1.82) is 0 Å². The SMILES string of the molecule is Cc1cc(C(Cc2ccc(C(C)C)cc2)NN)ccc1Cl. The quantitative estimate of drug-likeness (QED) is 0.629. The van der Waals surface area contributed by atoms with Gasteiger partial charge in [-0.2, -0.15) is 0 Å². The largest absolute Gasteiger partial charge is 0.271 e. The van der Waals surface area contributed by atoms with Crippen molar-refractivity contribution in [3.05, 3.63) is 69.7 Å². The van der Waals surface area contributed by atoms with E-state index in [1.165, 1.54) is 11.1 Å². The molecule has 1 unspecified atom stereocenters. The van der Waals surface area contributed by atoms with Gasteiger partial charge in [0.2, 0.25) is 0 Å². The lowest BCUT2D eigenvalue weighted by atomic mass is 9.96. The van der Waals surface area contributed by atoms with Gasteiger partial charge in [-0.25, -0.2) is 0 Å². The zero-order valence-electron chi connectivity index (χ0n) is 12.9. The molecule has 0 aliphatic rings. The van der Waals surface area contributed by atoms with E-state index in [-0.39, 0.29) is 6.04 Å². The predicted octanol–water partition coefficient (Wildman–Crippen LogP) is 4.52. The van der Waals surface area contributed by atoms with Crippen molar-refractivity contribution >= 4 is 11.6 Å². The molecule has 2 nitrogen and oxygen atoms in total. The molecule has 0 radical (unpaired) electrons. The highest BCUT2D eigenvalue weighted by Gasteiger charge is 2.12. The van der Waals surface area contributed by atoms with Gasteiger partial charge in [0.15, 0.2) is 0 Å². The Balaban J connectivity index is 2.16. The molecule has 2 aromatic rings. The normalized spacial score (nSPS) is 12.7. The molecular weight excluding hydrogens is 280 g/mol. The van der Waals surface area contributed by atoms with Gasteiger partial charge in [-0.1, -0.05) is 61.8 Å². The third-order valence-electron chi connectivity index (χ3n) is 3.87. The number of hydrogen-bond acceptors (Lipinski definition) is 2. The zero-order valence-corrected chi connectivity index (χ0v) is 13.6. The Hall–Kier alpha value is -1.35. The summed E-state index contributed by atoms with van der Waals surface area (Å²) in [5.74, 6) is 6.29. The second-order valence-corrected chi connectivity index (χ2v) is 6.24. The van der Waals surface area contributed by atoms with Gasteiger partial charge >= 0.3 is 0 Å². The van der Waals surface area contributed by atoms with Crippen molar-refractivity contribution in [2.45, 2.75) is 39.2 Å². The van der Waals surface area contributed by atoms with Gasteiger partial charge in [0.25, 0.3) is 0 Å². The van der Waals surface area contributed by atoms with Crippen molar-refractivity contribution in [3.63, 3.8) is 0 Å². The number of rotatable bonds is 5. The molecule has 0 heterocycles. The number of nitrogens with one attached hydrogen (secondary N) is 1. The highest BCUT2D eigenvalue weighted by Crippen LogP contribution is 2.24. The minimum Gasteiger partial charge on any atom is -0.271 e. The number of benzene rings is 2. The summed E-state index contributed by atoms with van der Waals surface area (Å²) in [6.07, 6.45) is 0.857. The predicted molar refractivity (Wildman–Crippen MR) is 90.5 cm³/mol. The molecule has 112 valence electrons. The van der Waals surface area contributed by atoms with E-state index in [9.17, 15) is 0 Å². The molecule has 21 heavy (non-hydrogen) atoms. The van der Waals surface area contributed by atoms with Gasteiger partial charge in [0.1, 0.15) is 0 Å². The fraction of sp³-hybridized carbons (Fsp3) is 0.333. The average Bonchev–Trinajstić information content (AvgIpc) is 2.48. The van der Waals surface area contributed by atoms with Crippen LogP contribution in [-0.2, 0) is 6.42 Å². The van der Waals surface area contributed by atoms with Crippen molar-refractivity contribution in [3.8, 4) is 0 Å². The number of hydrogen-bond donors (Lipinski definition) is 2. The van der Waals surface area contributed by atoms with E-state index < -0.39 is 0 Å². The van der Waals surface area contributed by atoms with Crippen molar-refractivity contribution in [1.82, 2.24) is 5.43 Å². The number of aryl methyl sites for hydroxylation is 1. The molecular formula is C18H23ClN2. The highest BCUT2D eigenvalue weighted by atomic mass is 35.5. The van der Waals surface area contributed by atoms with E-state index in [1.54, 1.807) is 0 Å². The zero-order chi connectivity index (χ0) is 15.4. The van der Waals surface area contributed by atoms with Crippen LogP contribution in [-0.4, -0.2) is 0 Å². The maximum atomic E-state index is 6.08. The highest BCUT2D eigenvalue weighted by molar-refractivity contribution is 6.31. The molecule has 2 aromatic carbocycles. The average molecular weight is 303 g/mol. The fourth-order valence-corrected chi connectivity index (χ4v) is 2.55. The van der Waals surface area contributed by atoms with Gasteiger partial charge in [-0.15, -0.1) is 0 Å². The second kappa shape index (κ2) is 7.08. The van der Waals surface area contributed by atoms with Gasteiger partial charge in [-0.05, 0) is 47.6 Å². The monoisotopic (exact) mass is 302 g/mol. The van der Waals surface area contributed by atoms with Gasteiger partial charge in [-0.3, -0.25) is 11.3 Å². The summed E-state index contributed by atoms with van der Waals surface area (Å²) in [6, 6.07) is 14.9. The third kappa shape index (κ3) is 4.07. The Morgan fingerprint density at radius 2 is 1.67 bits per heavy atom. The molecule has 0 aliphatic heterocycles. The van der Waals surface area contributed by atoms with Gasteiger partial charge in [0, 0.05) is 11.1 Å². The summed E-state index contributed by atoms with van der Waals surface area (Å²) in [4.78, 5) is 0. The van der Waals surface area contributed by atoms with Crippen LogP contribution in [0.25, 0.3) is 0 Å². The Morgan fingerprint density at radius 3 is 2.19 bits per heavy atom. The maximum absolute atomic E-state index is 6.08. The standard InChI is InChI=1S/C18H23ClN2/c1-12(2)15-6-4-14(5-7-15)11-18(21-20)16-8-9-17(19)13(3)10-16/h4-10,12,18,21H,11,20H2,1-3H3. The van der Waals surface area contributed by atoms with Crippen LogP contribution in [0.2, 0.25) is 5.02 Å². The summed E-state index contributed by atoms with van der Waals surface area (Å²) in [6.45, 7) is 6.42. The van der Waals surface area contributed by atoms with Gasteiger partial charge < -0.3 is 0 Å². The first-order valence-corrected chi connectivity index (χ1v) is 7.70. The summed E-state index contributed by atoms with van der Waals surface area (Å²) in [7, 11) is 0. The number of hydrazine groups is 1. The van der Waals surface area contributed by atoms with E-state index in [2.05, 4.69) is 49.6 Å². The van der Waals surface area contributed by atoms with E-state index in [1.807, 2.05) is 19.1 Å². The van der Waals surface area contributed by atoms with Crippen molar-refractivity contribution in [2.75, 3.05) is 0 Å². The first-order chi connectivity index (χ1) is 10.0. The van der Waals surface area contributed by atoms with E-state index >= 15 is 0 Å². The topological polar surface area (TPSA) is 38.0 Å². The molecule has 0 bridgehead atoms. The molecule has 0 fully saturated rings. The van der Waals surface area contributed by atoms with Crippen LogP contribution < -0.4 is 11.3 Å². The van der Waals surface area contributed by atoms with Crippen LogP contribution >= 0.6 is 11.6 Å². The molecule has 0 saturated carbocycles. The Labute approximate surface area is 132 Å². The third-order valence-corrected chi connectivity index (χ3v) is 4.30. The van der Waals surface area contributed by atoms with Crippen molar-refractivity contribution in [2.24, 2.45) is 5.84 Å². The fourth-order valence-electron chi connectivity index (χ4n) is 2.43. The summed E-state index contributed by atoms with van der Waals surface area (Å²) >= 11 is 6.08. The molecule has 1 atom stereocenters. The minimum atomic E-state index is 0.0888. The van der Waals surface area contributed by atoms with Crippen LogP contribution in [0.4, 0.5) is 0 Å². The van der Waals surface area contributed by atoms with E-state index in [0.717, 1.165) is 22.6 Å². The molecule has 3 heteroatoms. The van der Waals surface area contributed by atoms with Crippen LogP contribution in [0.5, 0.6) is 0 Å². The molecule has 0 spiro atoms. The molecule has 3 N–H and O–H groups in total. The van der Waals surface area contributed by atoms with Crippen LogP contribution in [0.3, 0.4) is 0 Å². The maximum Gasteiger partial charge on any atom is 0.0500 e. The Bertz CT molecular complexity index is 591. The van der Waals surface area contributed by atoms with Gasteiger partial charge in [0.05, 0.1) is 0 Å². The van der Waals surface area contributed by atoms with Crippen LogP contribution in [0.15, 0.2) is 42.5 Å². The molecule has 0 saturated heterocycles. The first kappa shape index (κ1) is 16.0. The lowest BCUT2D eigenvalue weighted by molar-refractivity contribution is 0.551. The second-order valence-electron chi connectivity index (χ2n) is 5.83. The minimum absolute atomic E-state index is 0.0888. The summed E-state index contributed by atoms with van der Waals surface area (Å²) < 4.78 is 0. The molecule has 0 amide bonds. The van der Waals surface area contributed by atoms with Crippen LogP contribution in [0.1, 0.15) is 48.1 Å². The first-order valence-electron chi connectivity index (χ1n) is 7.32.